The number of pyridine rings is 2. The van der Waals surface area contributed by atoms with Crippen molar-refractivity contribution in [2.45, 2.75) is 57.7 Å². The second-order valence-electron chi connectivity index (χ2n) is 13.2. The number of likely N-dealkylation sites (tertiary alicyclic amines) is 1. The normalized spacial score (nSPS) is 23.2. The Kier molecular flexibility index (Phi) is 7.19. The van der Waals surface area contributed by atoms with Gasteiger partial charge in [-0.3, -0.25) is 0 Å². The first-order valence-electron chi connectivity index (χ1n) is 15.3. The van der Waals surface area contributed by atoms with E-state index in [0.29, 0.717) is 45.7 Å². The molecule has 3 fully saturated rings. The van der Waals surface area contributed by atoms with Crippen LogP contribution in [0.25, 0.3) is 22.2 Å². The van der Waals surface area contributed by atoms with Gasteiger partial charge in [-0.05, 0) is 45.7 Å². The highest BCUT2D eigenvalue weighted by molar-refractivity contribution is 5.96. The summed E-state index contributed by atoms with van der Waals surface area (Å²) in [6.07, 6.45) is -3.23. The molecule has 3 aromatic rings. The molecule has 4 aliphatic rings. The molecule has 0 amide bonds. The van der Waals surface area contributed by atoms with E-state index in [9.17, 15) is 22.0 Å². The highest BCUT2D eigenvalue weighted by Gasteiger charge is 2.76. The zero-order valence-corrected chi connectivity index (χ0v) is 25.3. The van der Waals surface area contributed by atoms with Gasteiger partial charge in [0.1, 0.15) is 28.2 Å². The number of hydrogen-bond acceptors (Lipinski definition) is 10. The quantitative estimate of drug-likeness (QED) is 0.320. The van der Waals surface area contributed by atoms with Crippen LogP contribution in [-0.2, 0) is 6.18 Å². The molecule has 2 saturated carbocycles. The number of ether oxygens (including phenoxy) is 2. The zero-order chi connectivity index (χ0) is 32.6. The lowest BCUT2D eigenvalue weighted by Crippen LogP contribution is -2.53. The first-order chi connectivity index (χ1) is 21.7. The van der Waals surface area contributed by atoms with Crippen LogP contribution in [0.1, 0.15) is 43.9 Å². The number of nitrogens with two attached hydrogens (primary N) is 1. The Morgan fingerprint density at radius 3 is 2.52 bits per heavy atom. The number of nitrogens with zero attached hydrogens (tertiary/aromatic N) is 5. The van der Waals surface area contributed by atoms with E-state index in [1.165, 1.54) is 0 Å². The van der Waals surface area contributed by atoms with E-state index in [1.807, 2.05) is 4.90 Å². The Balaban J connectivity index is 1.28. The first-order valence-corrected chi connectivity index (χ1v) is 15.3. The summed E-state index contributed by atoms with van der Waals surface area (Å²) in [5, 5.41) is 6.46. The van der Waals surface area contributed by atoms with E-state index in [2.05, 4.69) is 30.6 Å². The van der Waals surface area contributed by atoms with Crippen molar-refractivity contribution in [2.75, 3.05) is 56.9 Å². The van der Waals surface area contributed by atoms with E-state index >= 15 is 4.39 Å². The number of rotatable bonds is 6. The van der Waals surface area contributed by atoms with Gasteiger partial charge in [-0.25, -0.2) is 23.1 Å². The Hall–Kier alpha value is -3.66. The number of aryl methyl sites for hydroxylation is 1. The minimum atomic E-state index is -4.89. The molecule has 1 spiro atoms. The molecular formula is C30H34F6N8O2. The summed E-state index contributed by atoms with van der Waals surface area (Å²) in [5.41, 5.74) is 1.48. The monoisotopic (exact) mass is 652 g/mol. The number of aromatic nitrogens is 4. The highest BCUT2D eigenvalue weighted by atomic mass is 19.4. The molecule has 4 N–H and O–H groups in total. The Morgan fingerprint density at radius 1 is 1.11 bits per heavy atom. The predicted molar refractivity (Wildman–Crippen MR) is 156 cm³/mol. The van der Waals surface area contributed by atoms with Gasteiger partial charge < -0.3 is 30.7 Å². The van der Waals surface area contributed by atoms with Crippen molar-refractivity contribution < 1.29 is 35.8 Å². The van der Waals surface area contributed by atoms with Gasteiger partial charge in [-0.2, -0.15) is 23.1 Å². The van der Waals surface area contributed by atoms with Crippen LogP contribution in [0.4, 0.5) is 38.0 Å². The minimum absolute atomic E-state index is 0.0621. The SMILES string of the molecule is Cc1nc(N)cc(-c2nc3c4c(nc(OCC5(CN6CC7(C6)CC7(F)F)CC5)nc4c2F)NCCNCCC(C)O3)c1C(F)(F)F. The molecule has 1 atom stereocenters. The molecule has 0 aromatic carbocycles. The standard InChI is InChI=1S/C30H34F6N8O2/c1-15-3-6-38-7-8-39-24-19-23(21(31)22(41-25(19)46-15)17-9-18(37)40-16(2)20(17)30(34,35)36)42-26(43-24)45-14-27(4-5-27)11-44-12-28(13-44)10-29(28,32)33/h9,15,38H,3-8,10-14H2,1-2H3,(H2,37,40)(H,39,42,43). The topological polar surface area (TPSA) is 123 Å². The fourth-order valence-electron chi connectivity index (χ4n) is 6.63. The number of halogens is 6. The lowest BCUT2D eigenvalue weighted by atomic mass is 9.93. The van der Waals surface area contributed by atoms with Crippen molar-refractivity contribution in [2.24, 2.45) is 10.8 Å². The van der Waals surface area contributed by atoms with Gasteiger partial charge in [0.2, 0.25) is 5.88 Å². The van der Waals surface area contributed by atoms with Crippen molar-refractivity contribution >= 4 is 22.5 Å². The van der Waals surface area contributed by atoms with E-state index in [1.54, 1.807) is 6.92 Å². The largest absolute Gasteiger partial charge is 0.474 e. The molecule has 46 heavy (non-hydrogen) atoms. The summed E-state index contributed by atoms with van der Waals surface area (Å²) in [5.74, 6) is -3.95. The van der Waals surface area contributed by atoms with Crippen LogP contribution in [0.5, 0.6) is 11.9 Å². The third kappa shape index (κ3) is 5.52. The van der Waals surface area contributed by atoms with Gasteiger partial charge in [0.15, 0.2) is 5.82 Å². The second-order valence-corrected chi connectivity index (χ2v) is 13.2. The van der Waals surface area contributed by atoms with Crippen molar-refractivity contribution in [3.8, 4) is 23.1 Å². The Bertz CT molecular complexity index is 1690. The average molecular weight is 653 g/mol. The van der Waals surface area contributed by atoms with E-state index in [4.69, 9.17) is 15.2 Å². The molecule has 248 valence electrons. The summed E-state index contributed by atoms with van der Waals surface area (Å²) in [6, 6.07) is 0.749. The maximum absolute atomic E-state index is 16.5. The fraction of sp³-hybridized carbons (Fsp3) is 0.600. The lowest BCUT2D eigenvalue weighted by Gasteiger charge is -2.41. The van der Waals surface area contributed by atoms with E-state index in [-0.39, 0.29) is 52.9 Å². The lowest BCUT2D eigenvalue weighted by molar-refractivity contribution is -0.137. The molecule has 5 heterocycles. The van der Waals surface area contributed by atoms with Gasteiger partial charge in [0.05, 0.1) is 29.4 Å². The molecule has 16 heteroatoms. The Morgan fingerprint density at radius 2 is 1.85 bits per heavy atom. The summed E-state index contributed by atoms with van der Waals surface area (Å²) < 4.78 is 98.9. The van der Waals surface area contributed by atoms with Gasteiger partial charge in [0, 0.05) is 50.1 Å². The van der Waals surface area contributed by atoms with Gasteiger partial charge in [0.25, 0.3) is 5.92 Å². The van der Waals surface area contributed by atoms with Crippen molar-refractivity contribution in [1.82, 2.24) is 30.2 Å². The number of nitrogens with one attached hydrogen (secondary N) is 2. The molecule has 1 unspecified atom stereocenters. The van der Waals surface area contributed by atoms with Gasteiger partial charge >= 0.3 is 12.2 Å². The summed E-state index contributed by atoms with van der Waals surface area (Å²) in [6.45, 7) is 5.87. The molecular weight excluding hydrogens is 618 g/mol. The van der Waals surface area contributed by atoms with Crippen LogP contribution >= 0.6 is 0 Å². The zero-order valence-electron chi connectivity index (χ0n) is 25.3. The second kappa shape index (κ2) is 10.7. The maximum Gasteiger partial charge on any atom is 0.418 e. The summed E-state index contributed by atoms with van der Waals surface area (Å²) >= 11 is 0. The highest BCUT2D eigenvalue weighted by Crippen LogP contribution is 2.66. The molecule has 0 radical (unpaired) electrons. The van der Waals surface area contributed by atoms with E-state index in [0.717, 1.165) is 25.8 Å². The predicted octanol–water partition coefficient (Wildman–Crippen LogP) is 4.81. The third-order valence-electron chi connectivity index (χ3n) is 9.41. The van der Waals surface area contributed by atoms with E-state index < -0.39 is 51.9 Å². The molecule has 3 aromatic heterocycles. The number of alkyl halides is 5. The fourth-order valence-corrected chi connectivity index (χ4v) is 6.63. The molecule has 10 nitrogen and oxygen atoms in total. The third-order valence-corrected chi connectivity index (χ3v) is 9.41. The van der Waals surface area contributed by atoms with Crippen molar-refractivity contribution in [3.05, 3.63) is 23.1 Å². The number of anilines is 2. The number of nitrogen functional groups attached to an aromatic ring is 1. The Labute approximate surface area is 260 Å². The summed E-state index contributed by atoms with van der Waals surface area (Å²) in [4.78, 5) is 18.9. The van der Waals surface area contributed by atoms with Crippen molar-refractivity contribution in [3.63, 3.8) is 0 Å². The van der Waals surface area contributed by atoms with Crippen molar-refractivity contribution in [1.29, 1.82) is 0 Å². The first kappa shape index (κ1) is 31.0. The van der Waals surface area contributed by atoms with Gasteiger partial charge in [-0.15, -0.1) is 0 Å². The minimum Gasteiger partial charge on any atom is -0.474 e. The maximum atomic E-state index is 16.5. The van der Waals surface area contributed by atoms with Crippen LogP contribution in [0.3, 0.4) is 0 Å². The molecule has 1 saturated heterocycles. The van der Waals surface area contributed by atoms with Crippen LogP contribution in [0, 0.1) is 23.6 Å². The number of hydrogen-bond donors (Lipinski definition) is 3. The molecule has 0 bridgehead atoms. The summed E-state index contributed by atoms with van der Waals surface area (Å²) in [7, 11) is 0. The van der Waals surface area contributed by atoms with Crippen LogP contribution < -0.4 is 25.8 Å². The van der Waals surface area contributed by atoms with Crippen LogP contribution in [0.2, 0.25) is 0 Å². The van der Waals surface area contributed by atoms with Crippen LogP contribution in [0.15, 0.2) is 6.07 Å². The van der Waals surface area contributed by atoms with Gasteiger partial charge in [-0.1, -0.05) is 0 Å². The molecule has 7 rings (SSSR count). The molecule has 2 aliphatic heterocycles. The van der Waals surface area contributed by atoms with Crippen LogP contribution in [-0.4, -0.2) is 82.7 Å². The molecule has 2 aliphatic carbocycles. The smallest absolute Gasteiger partial charge is 0.418 e. The average Bonchev–Trinajstić information content (AvgIpc) is 3.84.